The second kappa shape index (κ2) is 6.83. The number of thiazole rings is 1. The number of amides is 1. The van der Waals surface area contributed by atoms with E-state index in [4.69, 9.17) is 11.6 Å². The van der Waals surface area contributed by atoms with Crippen molar-refractivity contribution in [2.24, 2.45) is 0 Å². The first-order chi connectivity index (χ1) is 9.58. The van der Waals surface area contributed by atoms with Gasteiger partial charge >= 0.3 is 0 Å². The summed E-state index contributed by atoms with van der Waals surface area (Å²) >= 11 is 7.44. The summed E-state index contributed by atoms with van der Waals surface area (Å²) in [4.78, 5) is 16.8. The number of aryl methyl sites for hydroxylation is 1. The van der Waals surface area contributed by atoms with Crippen LogP contribution in [0.2, 0.25) is 5.02 Å². The molecule has 0 radical (unpaired) electrons. The van der Waals surface area contributed by atoms with Crippen LogP contribution in [0, 0.1) is 6.92 Å². The lowest BCUT2D eigenvalue weighted by molar-refractivity contribution is -0.115. The standard InChI is InChI=1S/C14H16ClN3OS/c1-9-5-11(15)4-3-10(9)6-12-7-17-14(20-12)18-13(19)8-16-2/h3-5,7,16H,6,8H2,1-2H3,(H,17,18,19). The van der Waals surface area contributed by atoms with E-state index in [0.29, 0.717) is 5.13 Å². The first kappa shape index (κ1) is 15.0. The highest BCUT2D eigenvalue weighted by Crippen LogP contribution is 2.23. The average molecular weight is 310 g/mol. The Morgan fingerprint density at radius 1 is 1.45 bits per heavy atom. The molecule has 0 spiro atoms. The van der Waals surface area contributed by atoms with Crippen molar-refractivity contribution in [1.82, 2.24) is 10.3 Å². The molecule has 20 heavy (non-hydrogen) atoms. The highest BCUT2D eigenvalue weighted by Gasteiger charge is 2.08. The van der Waals surface area contributed by atoms with Gasteiger partial charge in [-0.1, -0.05) is 17.7 Å². The van der Waals surface area contributed by atoms with Crippen molar-refractivity contribution in [3.63, 3.8) is 0 Å². The van der Waals surface area contributed by atoms with Gasteiger partial charge in [0, 0.05) is 22.5 Å². The molecule has 1 aromatic heterocycles. The monoisotopic (exact) mass is 309 g/mol. The largest absolute Gasteiger partial charge is 0.311 e. The van der Waals surface area contributed by atoms with Crippen LogP contribution >= 0.6 is 22.9 Å². The predicted molar refractivity (Wildman–Crippen MR) is 83.7 cm³/mol. The Labute approximate surface area is 127 Å². The molecule has 1 aromatic carbocycles. The molecule has 0 aliphatic rings. The minimum atomic E-state index is -0.0870. The second-order valence-electron chi connectivity index (χ2n) is 4.46. The lowest BCUT2D eigenvalue weighted by Crippen LogP contribution is -2.24. The van der Waals surface area contributed by atoms with Crippen LogP contribution in [-0.4, -0.2) is 24.5 Å². The minimum absolute atomic E-state index is 0.0870. The van der Waals surface area contributed by atoms with Crippen LogP contribution in [0.5, 0.6) is 0 Å². The summed E-state index contributed by atoms with van der Waals surface area (Å²) in [6.07, 6.45) is 2.59. The summed E-state index contributed by atoms with van der Waals surface area (Å²) < 4.78 is 0. The van der Waals surface area contributed by atoms with Crippen LogP contribution in [0.4, 0.5) is 5.13 Å². The lowest BCUT2D eigenvalue weighted by Gasteiger charge is -2.04. The van der Waals surface area contributed by atoms with Crippen molar-refractivity contribution in [2.75, 3.05) is 18.9 Å². The third kappa shape index (κ3) is 4.03. The quantitative estimate of drug-likeness (QED) is 0.893. The molecule has 1 amide bonds. The number of carbonyl (C=O) groups is 1. The molecular formula is C14H16ClN3OS. The van der Waals surface area contributed by atoms with Gasteiger partial charge in [0.25, 0.3) is 0 Å². The van der Waals surface area contributed by atoms with E-state index in [2.05, 4.69) is 15.6 Å². The maximum absolute atomic E-state index is 11.5. The Hall–Kier alpha value is -1.43. The summed E-state index contributed by atoms with van der Waals surface area (Å²) in [6, 6.07) is 5.87. The minimum Gasteiger partial charge on any atom is -0.311 e. The predicted octanol–water partition coefficient (Wildman–Crippen LogP) is 2.85. The van der Waals surface area contributed by atoms with Gasteiger partial charge in [0.15, 0.2) is 5.13 Å². The highest BCUT2D eigenvalue weighted by atomic mass is 35.5. The van der Waals surface area contributed by atoms with Gasteiger partial charge in [0.1, 0.15) is 0 Å². The van der Waals surface area contributed by atoms with Crippen LogP contribution < -0.4 is 10.6 Å². The van der Waals surface area contributed by atoms with Gasteiger partial charge in [-0.25, -0.2) is 4.98 Å². The smallest absolute Gasteiger partial charge is 0.240 e. The summed E-state index contributed by atoms with van der Waals surface area (Å²) in [7, 11) is 1.73. The van der Waals surface area contributed by atoms with Gasteiger partial charge in [-0.05, 0) is 37.2 Å². The molecule has 0 aliphatic heterocycles. The molecule has 0 saturated carbocycles. The van der Waals surface area contributed by atoms with Crippen molar-refractivity contribution in [1.29, 1.82) is 0 Å². The van der Waals surface area contributed by atoms with E-state index in [1.807, 2.05) is 25.1 Å². The summed E-state index contributed by atoms with van der Waals surface area (Å²) in [5.74, 6) is -0.0870. The highest BCUT2D eigenvalue weighted by molar-refractivity contribution is 7.15. The van der Waals surface area contributed by atoms with Gasteiger partial charge in [-0.3, -0.25) is 4.79 Å². The Morgan fingerprint density at radius 3 is 2.95 bits per heavy atom. The van der Waals surface area contributed by atoms with Gasteiger partial charge in [0.2, 0.25) is 5.91 Å². The number of nitrogens with zero attached hydrogens (tertiary/aromatic N) is 1. The fourth-order valence-electron chi connectivity index (χ4n) is 1.82. The number of benzene rings is 1. The summed E-state index contributed by atoms with van der Waals surface area (Å²) in [6.45, 7) is 2.32. The molecule has 0 fully saturated rings. The van der Waals surface area contributed by atoms with Crippen LogP contribution in [0.1, 0.15) is 16.0 Å². The number of nitrogens with one attached hydrogen (secondary N) is 2. The Kier molecular flexibility index (Phi) is 5.11. The molecule has 0 unspecified atom stereocenters. The fourth-order valence-corrected chi connectivity index (χ4v) is 2.89. The third-order valence-corrected chi connectivity index (χ3v) is 3.95. The number of likely N-dealkylation sites (N-methyl/N-ethyl adjacent to an activating group) is 1. The topological polar surface area (TPSA) is 54.0 Å². The molecule has 4 nitrogen and oxygen atoms in total. The van der Waals surface area contributed by atoms with E-state index >= 15 is 0 Å². The van der Waals surface area contributed by atoms with Crippen molar-refractivity contribution in [3.05, 3.63) is 45.4 Å². The molecule has 2 N–H and O–H groups in total. The number of anilines is 1. The Morgan fingerprint density at radius 2 is 2.25 bits per heavy atom. The molecule has 0 bridgehead atoms. The molecule has 0 atom stereocenters. The Balaban J connectivity index is 2.04. The molecule has 6 heteroatoms. The molecule has 0 saturated heterocycles. The van der Waals surface area contributed by atoms with Crippen molar-refractivity contribution < 1.29 is 4.79 Å². The van der Waals surface area contributed by atoms with Crippen molar-refractivity contribution in [2.45, 2.75) is 13.3 Å². The van der Waals surface area contributed by atoms with Crippen LogP contribution in [0.3, 0.4) is 0 Å². The first-order valence-electron chi connectivity index (χ1n) is 6.22. The fraction of sp³-hybridized carbons (Fsp3) is 0.286. The molecule has 1 heterocycles. The summed E-state index contributed by atoms with van der Waals surface area (Å²) in [5.41, 5.74) is 2.37. The van der Waals surface area contributed by atoms with E-state index in [9.17, 15) is 4.79 Å². The van der Waals surface area contributed by atoms with Crippen molar-refractivity contribution >= 4 is 34.0 Å². The lowest BCUT2D eigenvalue weighted by atomic mass is 10.1. The maximum atomic E-state index is 11.5. The number of hydrogen-bond acceptors (Lipinski definition) is 4. The van der Waals surface area contributed by atoms with E-state index in [1.54, 1.807) is 13.2 Å². The number of hydrogen-bond donors (Lipinski definition) is 2. The van der Waals surface area contributed by atoms with Crippen LogP contribution in [0.15, 0.2) is 24.4 Å². The number of aromatic nitrogens is 1. The van der Waals surface area contributed by atoms with Crippen LogP contribution in [-0.2, 0) is 11.2 Å². The maximum Gasteiger partial charge on any atom is 0.240 e. The third-order valence-electron chi connectivity index (χ3n) is 2.81. The zero-order valence-electron chi connectivity index (χ0n) is 11.4. The van der Waals surface area contributed by atoms with E-state index in [-0.39, 0.29) is 12.5 Å². The number of halogens is 1. The molecule has 106 valence electrons. The SMILES string of the molecule is CNCC(=O)Nc1ncc(Cc2ccc(Cl)cc2C)s1. The molecular weight excluding hydrogens is 294 g/mol. The molecule has 2 rings (SSSR count). The Bertz CT molecular complexity index is 612. The first-order valence-corrected chi connectivity index (χ1v) is 7.42. The van der Waals surface area contributed by atoms with Crippen molar-refractivity contribution in [3.8, 4) is 0 Å². The zero-order chi connectivity index (χ0) is 14.5. The van der Waals surface area contributed by atoms with Gasteiger partial charge in [-0.15, -0.1) is 11.3 Å². The second-order valence-corrected chi connectivity index (χ2v) is 6.01. The van der Waals surface area contributed by atoms with Gasteiger partial charge in [0.05, 0.1) is 6.54 Å². The number of rotatable bonds is 5. The van der Waals surface area contributed by atoms with Crippen LogP contribution in [0.25, 0.3) is 0 Å². The normalized spacial score (nSPS) is 10.6. The number of carbonyl (C=O) groups excluding carboxylic acids is 1. The zero-order valence-corrected chi connectivity index (χ0v) is 12.9. The van der Waals surface area contributed by atoms with E-state index in [0.717, 1.165) is 21.9 Å². The molecule has 0 aliphatic carbocycles. The van der Waals surface area contributed by atoms with E-state index < -0.39 is 0 Å². The van der Waals surface area contributed by atoms with Gasteiger partial charge < -0.3 is 10.6 Å². The van der Waals surface area contributed by atoms with E-state index in [1.165, 1.54) is 16.9 Å². The average Bonchev–Trinajstić information content (AvgIpc) is 2.80. The molecule has 2 aromatic rings. The summed E-state index contributed by atoms with van der Waals surface area (Å²) in [5, 5.41) is 6.93. The van der Waals surface area contributed by atoms with Gasteiger partial charge in [-0.2, -0.15) is 0 Å².